The number of carbonyl (C=O) groups excluding carboxylic acids is 1. The minimum absolute atomic E-state index is 0. The maximum absolute atomic E-state index is 13.2. The molecule has 2 heterocycles. The zero-order valence-electron chi connectivity index (χ0n) is 16.0. The van der Waals surface area contributed by atoms with Crippen molar-refractivity contribution < 1.29 is 9.32 Å². The van der Waals surface area contributed by atoms with Crippen LogP contribution in [0.25, 0.3) is 11.5 Å². The van der Waals surface area contributed by atoms with Crippen molar-refractivity contribution in [3.05, 3.63) is 35.7 Å². The van der Waals surface area contributed by atoms with Gasteiger partial charge in [-0.3, -0.25) is 4.79 Å². The molecule has 1 aromatic carbocycles. The third-order valence-corrected chi connectivity index (χ3v) is 5.68. The van der Waals surface area contributed by atoms with E-state index in [0.29, 0.717) is 34.7 Å². The van der Waals surface area contributed by atoms with Gasteiger partial charge in [0.25, 0.3) is 11.8 Å². The van der Waals surface area contributed by atoms with Crippen LogP contribution in [0.5, 0.6) is 0 Å². The summed E-state index contributed by atoms with van der Waals surface area (Å²) < 4.78 is 5.47. The predicted octanol–water partition coefficient (Wildman–Crippen LogP) is 3.27. The maximum Gasteiger partial charge on any atom is 0.258 e. The van der Waals surface area contributed by atoms with E-state index >= 15 is 0 Å². The lowest BCUT2D eigenvalue weighted by molar-refractivity contribution is 0.0780. The molecule has 4 rings (SSSR count). The van der Waals surface area contributed by atoms with Gasteiger partial charge in [0.1, 0.15) is 0 Å². The highest BCUT2D eigenvalue weighted by Crippen LogP contribution is 2.38. The van der Waals surface area contributed by atoms with Crippen LogP contribution in [0.1, 0.15) is 49.8 Å². The average molecular weight is 391 g/mol. The van der Waals surface area contributed by atoms with E-state index in [9.17, 15) is 4.79 Å². The highest BCUT2D eigenvalue weighted by atomic mass is 35.5. The van der Waals surface area contributed by atoms with Crippen LogP contribution >= 0.6 is 12.4 Å². The van der Waals surface area contributed by atoms with E-state index in [4.69, 9.17) is 10.3 Å². The van der Waals surface area contributed by atoms with Crippen LogP contribution < -0.4 is 5.73 Å². The summed E-state index contributed by atoms with van der Waals surface area (Å²) in [4.78, 5) is 19.6. The Morgan fingerprint density at radius 1 is 1.22 bits per heavy atom. The maximum atomic E-state index is 13.2. The molecule has 146 valence electrons. The quantitative estimate of drug-likeness (QED) is 0.850. The fourth-order valence-corrected chi connectivity index (χ4v) is 4.14. The van der Waals surface area contributed by atoms with Crippen LogP contribution in [0.15, 0.2) is 28.8 Å². The molecule has 2 aliphatic rings. The standard InChI is InChI=1S/C20H26N4O2.ClH/c1-20(2,3)19-22-17(26-23-19)13-6-4-5-7-14(13)18(25)24-10-12-8-9-16(21)15(12)11-24;/h4-7,12,15-16H,8-11,21H2,1-3H3;1H. The minimum Gasteiger partial charge on any atom is -0.338 e. The number of hydrogen-bond donors (Lipinski definition) is 1. The first-order valence-electron chi connectivity index (χ1n) is 9.33. The molecule has 1 aliphatic carbocycles. The van der Waals surface area contributed by atoms with Gasteiger partial charge < -0.3 is 15.2 Å². The second-order valence-corrected chi connectivity index (χ2v) is 8.59. The van der Waals surface area contributed by atoms with E-state index in [1.54, 1.807) is 0 Å². The molecule has 0 spiro atoms. The van der Waals surface area contributed by atoms with E-state index in [1.807, 2.05) is 49.9 Å². The van der Waals surface area contributed by atoms with Gasteiger partial charge in [-0.25, -0.2) is 0 Å². The number of aromatic nitrogens is 2. The Hall–Kier alpha value is -1.92. The molecule has 7 heteroatoms. The summed E-state index contributed by atoms with van der Waals surface area (Å²) in [6.45, 7) is 7.64. The van der Waals surface area contributed by atoms with Gasteiger partial charge >= 0.3 is 0 Å². The number of amides is 1. The number of benzene rings is 1. The topological polar surface area (TPSA) is 85.2 Å². The zero-order valence-corrected chi connectivity index (χ0v) is 16.8. The predicted molar refractivity (Wildman–Crippen MR) is 106 cm³/mol. The largest absolute Gasteiger partial charge is 0.338 e. The van der Waals surface area contributed by atoms with Gasteiger partial charge in [0.15, 0.2) is 5.82 Å². The molecule has 2 N–H and O–H groups in total. The molecule has 2 fully saturated rings. The van der Waals surface area contributed by atoms with E-state index in [0.717, 1.165) is 25.9 Å². The van der Waals surface area contributed by atoms with Gasteiger partial charge in [-0.1, -0.05) is 38.1 Å². The van der Waals surface area contributed by atoms with Crippen LogP contribution in [-0.4, -0.2) is 40.1 Å². The molecule has 1 amide bonds. The van der Waals surface area contributed by atoms with Crippen LogP contribution in [-0.2, 0) is 5.41 Å². The summed E-state index contributed by atoms with van der Waals surface area (Å²) in [5, 5.41) is 4.09. The summed E-state index contributed by atoms with van der Waals surface area (Å²) >= 11 is 0. The van der Waals surface area contributed by atoms with Gasteiger partial charge in [-0.15, -0.1) is 12.4 Å². The van der Waals surface area contributed by atoms with Crippen molar-refractivity contribution in [1.29, 1.82) is 0 Å². The van der Waals surface area contributed by atoms with Gasteiger partial charge in [0.05, 0.1) is 11.1 Å². The van der Waals surface area contributed by atoms with Gasteiger partial charge in [-0.05, 0) is 36.8 Å². The third kappa shape index (κ3) is 3.60. The number of nitrogens with zero attached hydrogens (tertiary/aromatic N) is 3. The Labute approximate surface area is 165 Å². The Morgan fingerprint density at radius 3 is 2.63 bits per heavy atom. The summed E-state index contributed by atoms with van der Waals surface area (Å²) in [6, 6.07) is 7.70. The molecule has 27 heavy (non-hydrogen) atoms. The Balaban J connectivity index is 0.00000210. The third-order valence-electron chi connectivity index (χ3n) is 5.68. The van der Waals surface area contributed by atoms with Gasteiger partial charge in [-0.2, -0.15) is 4.98 Å². The fraction of sp³-hybridized carbons (Fsp3) is 0.550. The van der Waals surface area contributed by atoms with E-state index in [-0.39, 0.29) is 29.8 Å². The lowest BCUT2D eigenvalue weighted by atomic mass is 9.96. The van der Waals surface area contributed by atoms with Crippen molar-refractivity contribution >= 4 is 18.3 Å². The molecular formula is C20H27ClN4O2. The van der Waals surface area contributed by atoms with Crippen LogP contribution in [0.4, 0.5) is 0 Å². The highest BCUT2D eigenvalue weighted by molar-refractivity contribution is 6.00. The lowest BCUT2D eigenvalue weighted by Gasteiger charge is -2.19. The molecule has 1 aromatic heterocycles. The smallest absolute Gasteiger partial charge is 0.258 e. The molecule has 1 saturated carbocycles. The summed E-state index contributed by atoms with van der Waals surface area (Å²) in [7, 11) is 0. The number of hydrogen-bond acceptors (Lipinski definition) is 5. The second kappa shape index (κ2) is 7.24. The van der Waals surface area contributed by atoms with Gasteiger partial charge in [0.2, 0.25) is 0 Å². The number of likely N-dealkylation sites (tertiary alicyclic amines) is 1. The summed E-state index contributed by atoms with van der Waals surface area (Å²) in [5.74, 6) is 2.03. The van der Waals surface area contributed by atoms with Crippen molar-refractivity contribution in [2.75, 3.05) is 13.1 Å². The monoisotopic (exact) mass is 390 g/mol. The minimum atomic E-state index is -0.205. The average Bonchev–Trinajstić information content (AvgIpc) is 3.31. The summed E-state index contributed by atoms with van der Waals surface area (Å²) in [5.41, 5.74) is 7.32. The Bertz CT molecular complexity index is 829. The molecule has 2 aromatic rings. The zero-order chi connectivity index (χ0) is 18.5. The van der Waals surface area contributed by atoms with Crippen LogP contribution in [0.3, 0.4) is 0 Å². The SMILES string of the molecule is CC(C)(C)c1noc(-c2ccccc2C(=O)N2CC3CCC(N)C3C2)n1.Cl. The summed E-state index contributed by atoms with van der Waals surface area (Å²) in [6.07, 6.45) is 2.20. The van der Waals surface area contributed by atoms with Crippen molar-refractivity contribution in [1.82, 2.24) is 15.0 Å². The molecule has 0 bridgehead atoms. The fourth-order valence-electron chi connectivity index (χ4n) is 4.14. The molecule has 1 saturated heterocycles. The molecule has 1 aliphatic heterocycles. The van der Waals surface area contributed by atoms with Crippen molar-refractivity contribution in [2.24, 2.45) is 17.6 Å². The van der Waals surface area contributed by atoms with Gasteiger partial charge in [0, 0.05) is 24.5 Å². The van der Waals surface area contributed by atoms with Crippen molar-refractivity contribution in [3.63, 3.8) is 0 Å². The Morgan fingerprint density at radius 2 is 1.96 bits per heavy atom. The van der Waals surface area contributed by atoms with E-state index in [2.05, 4.69) is 10.1 Å². The van der Waals surface area contributed by atoms with Crippen molar-refractivity contribution in [3.8, 4) is 11.5 Å². The lowest BCUT2D eigenvalue weighted by Crippen LogP contribution is -2.33. The number of carbonyl (C=O) groups is 1. The first-order chi connectivity index (χ1) is 12.3. The van der Waals surface area contributed by atoms with E-state index < -0.39 is 0 Å². The number of fused-ring (bicyclic) bond motifs is 1. The van der Waals surface area contributed by atoms with Crippen LogP contribution in [0.2, 0.25) is 0 Å². The van der Waals surface area contributed by atoms with E-state index in [1.165, 1.54) is 0 Å². The number of halogens is 1. The molecular weight excluding hydrogens is 364 g/mol. The number of rotatable bonds is 2. The molecule has 6 nitrogen and oxygen atoms in total. The first kappa shape index (κ1) is 19.8. The number of nitrogens with two attached hydrogens (primary N) is 1. The molecule has 0 radical (unpaired) electrons. The normalized spacial score (nSPS) is 24.6. The highest BCUT2D eigenvalue weighted by Gasteiger charge is 2.43. The molecule has 3 unspecified atom stereocenters. The molecule has 3 atom stereocenters. The van der Waals surface area contributed by atoms with Crippen LogP contribution in [0, 0.1) is 11.8 Å². The second-order valence-electron chi connectivity index (χ2n) is 8.59. The van der Waals surface area contributed by atoms with Crippen molar-refractivity contribution in [2.45, 2.75) is 45.1 Å². The Kier molecular flexibility index (Phi) is 5.32. The first-order valence-corrected chi connectivity index (χ1v) is 9.33.